The molecule has 16 heteroatoms. The van der Waals surface area contributed by atoms with Crippen LogP contribution in [0.1, 0.15) is 17.4 Å². The smallest absolute Gasteiger partial charge is 0.476 e. The van der Waals surface area contributed by atoms with E-state index >= 15 is 0 Å². The number of imidazole rings is 1. The molecule has 0 spiro atoms. The molecule has 0 atom stereocenters. The average Bonchev–Trinajstić information content (AvgIpc) is 3.24. The summed E-state index contributed by atoms with van der Waals surface area (Å²) < 4.78 is 40.4. The Morgan fingerprint density at radius 2 is 1.87 bits per heavy atom. The van der Waals surface area contributed by atoms with Crippen LogP contribution in [0, 0.1) is 11.8 Å². The lowest BCUT2D eigenvalue weighted by Gasteiger charge is -2.28. The van der Waals surface area contributed by atoms with Crippen molar-refractivity contribution in [2.45, 2.75) is 19.6 Å². The summed E-state index contributed by atoms with van der Waals surface area (Å²) in [7, 11) is 1.51. The molecule has 1 aliphatic rings. The topological polar surface area (TPSA) is 165 Å². The number of hydrogen-bond donors (Lipinski definition) is 3. The van der Waals surface area contributed by atoms with Gasteiger partial charge >= 0.3 is 24.1 Å². The van der Waals surface area contributed by atoms with Crippen molar-refractivity contribution in [1.29, 1.82) is 0 Å². The molecule has 0 bridgehead atoms. The number of aromatic carboxylic acids is 1. The van der Waals surface area contributed by atoms with Crippen LogP contribution in [-0.2, 0) is 18.4 Å². The molecule has 0 amide bonds. The zero-order valence-corrected chi connectivity index (χ0v) is 20.1. The number of alkyl halides is 3. The molecule has 1 aliphatic heterocycles. The minimum Gasteiger partial charge on any atom is -0.476 e. The van der Waals surface area contributed by atoms with E-state index in [2.05, 4.69) is 37.0 Å². The maximum atomic E-state index is 13.2. The lowest BCUT2D eigenvalue weighted by atomic mass is 10.3. The van der Waals surface area contributed by atoms with Crippen molar-refractivity contribution in [1.82, 2.24) is 29.4 Å². The zero-order chi connectivity index (χ0) is 28.0. The molecule has 4 rings (SSSR count). The van der Waals surface area contributed by atoms with Gasteiger partial charge in [-0.2, -0.15) is 23.1 Å². The maximum absolute atomic E-state index is 13.2. The largest absolute Gasteiger partial charge is 0.490 e. The molecule has 1 fully saturated rings. The monoisotopic (exact) mass is 537 g/mol. The predicted molar refractivity (Wildman–Crippen MR) is 126 cm³/mol. The summed E-state index contributed by atoms with van der Waals surface area (Å²) in [5.41, 5.74) is -0.115. The number of aromatic nitrogens is 5. The highest BCUT2D eigenvalue weighted by Crippen LogP contribution is 2.25. The van der Waals surface area contributed by atoms with Gasteiger partial charge in [0.15, 0.2) is 22.6 Å². The second kappa shape index (κ2) is 11.6. The SMILES string of the molecule is CC#CCn1c(N2CCNCC2)nc2nc(Oc3cccnc3C(=O)O)n(C)c(=O)c21.O=C(O)C(F)(F)F. The molecule has 0 radical (unpaired) electrons. The number of fused-ring (bicyclic) bond motifs is 1. The molecule has 4 heterocycles. The molecule has 3 aromatic rings. The Kier molecular flexibility index (Phi) is 8.53. The van der Waals surface area contributed by atoms with Gasteiger partial charge in [-0.1, -0.05) is 5.92 Å². The summed E-state index contributed by atoms with van der Waals surface area (Å²) in [4.78, 5) is 48.5. The first-order valence-electron chi connectivity index (χ1n) is 10.9. The summed E-state index contributed by atoms with van der Waals surface area (Å²) >= 11 is 0. The van der Waals surface area contributed by atoms with Gasteiger partial charge in [0, 0.05) is 39.4 Å². The molecule has 0 unspecified atom stereocenters. The number of ether oxygens (including phenoxy) is 1. The molecule has 13 nitrogen and oxygen atoms in total. The molecular weight excluding hydrogens is 515 g/mol. The van der Waals surface area contributed by atoms with Gasteiger partial charge in [-0.25, -0.2) is 14.6 Å². The van der Waals surface area contributed by atoms with Crippen molar-refractivity contribution in [2.24, 2.45) is 7.05 Å². The van der Waals surface area contributed by atoms with Gasteiger partial charge in [0.05, 0.1) is 6.54 Å². The number of hydrogen-bond acceptors (Lipinski definition) is 9. The molecule has 0 saturated carbocycles. The molecule has 3 aromatic heterocycles. The summed E-state index contributed by atoms with van der Waals surface area (Å²) in [6.45, 7) is 5.13. The minimum absolute atomic E-state index is 0.0181. The summed E-state index contributed by atoms with van der Waals surface area (Å²) in [6.07, 6.45) is -3.73. The van der Waals surface area contributed by atoms with Crippen LogP contribution in [0.15, 0.2) is 23.1 Å². The van der Waals surface area contributed by atoms with E-state index in [1.165, 1.54) is 23.9 Å². The van der Waals surface area contributed by atoms with E-state index in [1.54, 1.807) is 17.6 Å². The predicted octanol–water partition coefficient (Wildman–Crippen LogP) is 1.08. The second-order valence-electron chi connectivity index (χ2n) is 7.65. The number of anilines is 1. The van der Waals surface area contributed by atoms with E-state index in [9.17, 15) is 27.9 Å². The number of carboxylic acids is 2. The first-order valence-corrected chi connectivity index (χ1v) is 10.9. The van der Waals surface area contributed by atoms with E-state index in [1.807, 2.05) is 0 Å². The minimum atomic E-state index is -5.08. The third-order valence-electron chi connectivity index (χ3n) is 5.16. The van der Waals surface area contributed by atoms with Crippen molar-refractivity contribution in [3.8, 4) is 23.6 Å². The zero-order valence-electron chi connectivity index (χ0n) is 20.1. The fraction of sp³-hybridized carbons (Fsp3) is 0.364. The van der Waals surface area contributed by atoms with Gasteiger partial charge in [-0.05, 0) is 19.1 Å². The van der Waals surface area contributed by atoms with Crippen LogP contribution in [0.3, 0.4) is 0 Å². The number of rotatable bonds is 5. The standard InChI is InChI=1S/C20H21N7O4.C2HF3O2/c1-3-4-10-27-15-16(23-19(27)26-11-8-21-9-12-26)24-20(25(2)17(15)28)31-13-6-5-7-22-14(13)18(29)30;3-2(4,5)1(6)7/h5-7,21H,8-12H2,1-2H3,(H,29,30);(H,6,7). The number of carboxylic acid groups (broad SMARTS) is 2. The lowest BCUT2D eigenvalue weighted by Crippen LogP contribution is -2.44. The molecule has 0 aromatic carbocycles. The number of nitrogens with one attached hydrogen (secondary N) is 1. The van der Waals surface area contributed by atoms with E-state index in [4.69, 9.17) is 14.6 Å². The normalized spacial score (nSPS) is 13.2. The van der Waals surface area contributed by atoms with Crippen molar-refractivity contribution < 1.29 is 37.7 Å². The van der Waals surface area contributed by atoms with Crippen molar-refractivity contribution >= 4 is 29.1 Å². The number of aliphatic carboxylic acids is 1. The van der Waals surface area contributed by atoms with Gasteiger partial charge in [0.25, 0.3) is 5.56 Å². The van der Waals surface area contributed by atoms with E-state index in [-0.39, 0.29) is 28.7 Å². The highest BCUT2D eigenvalue weighted by atomic mass is 19.4. The highest BCUT2D eigenvalue weighted by molar-refractivity contribution is 5.88. The van der Waals surface area contributed by atoms with E-state index in [0.717, 1.165) is 26.2 Å². The Bertz CT molecular complexity index is 1470. The van der Waals surface area contributed by atoms with Gasteiger partial charge in [0.2, 0.25) is 5.95 Å². The Hall–Kier alpha value is -4.65. The number of piperazine rings is 1. The third kappa shape index (κ3) is 6.18. The Labute approximate surface area is 212 Å². The number of carbonyl (C=O) groups is 2. The van der Waals surface area contributed by atoms with Crippen molar-refractivity contribution in [3.05, 3.63) is 34.4 Å². The summed E-state index contributed by atoms with van der Waals surface area (Å²) in [6, 6.07) is 2.92. The molecule has 1 saturated heterocycles. The maximum Gasteiger partial charge on any atom is 0.490 e. The molecular formula is C22H22F3N7O6. The number of pyridine rings is 1. The van der Waals surface area contributed by atoms with Crippen LogP contribution in [0.4, 0.5) is 19.1 Å². The van der Waals surface area contributed by atoms with Crippen molar-refractivity contribution in [3.63, 3.8) is 0 Å². The van der Waals surface area contributed by atoms with E-state index < -0.39 is 18.1 Å². The van der Waals surface area contributed by atoms with Gasteiger partial charge in [0.1, 0.15) is 0 Å². The van der Waals surface area contributed by atoms with E-state index in [0.29, 0.717) is 18.0 Å². The average molecular weight is 537 g/mol. The summed E-state index contributed by atoms with van der Waals surface area (Å²) in [5, 5.41) is 19.8. The first-order chi connectivity index (χ1) is 18.0. The van der Waals surface area contributed by atoms with Crippen LogP contribution >= 0.6 is 0 Å². The van der Waals surface area contributed by atoms with Crippen LogP contribution < -0.4 is 20.5 Å². The Morgan fingerprint density at radius 3 is 2.45 bits per heavy atom. The second-order valence-corrected chi connectivity index (χ2v) is 7.65. The molecule has 0 aliphatic carbocycles. The van der Waals surface area contributed by atoms with Crippen LogP contribution in [-0.4, -0.2) is 78.6 Å². The van der Waals surface area contributed by atoms with Gasteiger partial charge in [-0.15, -0.1) is 5.92 Å². The molecule has 202 valence electrons. The first kappa shape index (κ1) is 27.9. The molecule has 3 N–H and O–H groups in total. The Balaban J connectivity index is 0.000000505. The molecule has 38 heavy (non-hydrogen) atoms. The fourth-order valence-electron chi connectivity index (χ4n) is 3.37. The lowest BCUT2D eigenvalue weighted by molar-refractivity contribution is -0.192. The van der Waals surface area contributed by atoms with Gasteiger partial charge < -0.3 is 25.2 Å². The van der Waals surface area contributed by atoms with Crippen LogP contribution in [0.25, 0.3) is 11.2 Å². The Morgan fingerprint density at radius 1 is 1.21 bits per heavy atom. The quantitative estimate of drug-likeness (QED) is 0.399. The third-order valence-corrected chi connectivity index (χ3v) is 5.16. The number of nitrogens with zero attached hydrogens (tertiary/aromatic N) is 6. The summed E-state index contributed by atoms with van der Waals surface area (Å²) in [5.74, 6) is 2.44. The van der Waals surface area contributed by atoms with Gasteiger partial charge in [-0.3, -0.25) is 13.9 Å². The van der Waals surface area contributed by atoms with Crippen LogP contribution in [0.2, 0.25) is 0 Å². The highest BCUT2D eigenvalue weighted by Gasteiger charge is 2.38. The fourth-order valence-corrected chi connectivity index (χ4v) is 3.37. The van der Waals surface area contributed by atoms with Crippen molar-refractivity contribution in [2.75, 3.05) is 31.1 Å². The number of halogens is 3. The van der Waals surface area contributed by atoms with Crippen LogP contribution in [0.5, 0.6) is 11.8 Å².